The zero-order valence-corrected chi connectivity index (χ0v) is 12.3. The molecule has 0 bridgehead atoms. The van der Waals surface area contributed by atoms with Crippen LogP contribution in [-0.2, 0) is 15.0 Å². The summed E-state index contributed by atoms with van der Waals surface area (Å²) >= 11 is 0. The smallest absolute Gasteiger partial charge is 0.317 e. The van der Waals surface area contributed by atoms with Gasteiger partial charge in [-0.15, -0.1) is 0 Å². The molecule has 1 aliphatic rings. The molecule has 1 amide bonds. The molecule has 22 heavy (non-hydrogen) atoms. The van der Waals surface area contributed by atoms with E-state index in [4.69, 9.17) is 0 Å². The van der Waals surface area contributed by atoms with E-state index in [-0.39, 0.29) is 5.91 Å². The van der Waals surface area contributed by atoms with Crippen LogP contribution in [0.1, 0.15) is 23.6 Å². The van der Waals surface area contributed by atoms with Crippen molar-refractivity contribution in [2.45, 2.75) is 19.3 Å². The fraction of sp³-hybridized carbons (Fsp3) is 0.176. The summed E-state index contributed by atoms with van der Waals surface area (Å²) in [5.74, 6) is -1.28. The topological polar surface area (TPSA) is 82.2 Å². The highest BCUT2D eigenvalue weighted by atomic mass is 16.4. The molecule has 112 valence electrons. The Morgan fingerprint density at radius 2 is 2.09 bits per heavy atom. The molecule has 0 saturated carbocycles. The number of aromatic amines is 1. The molecule has 0 radical (unpaired) electrons. The van der Waals surface area contributed by atoms with Crippen molar-refractivity contribution in [3.8, 4) is 0 Å². The van der Waals surface area contributed by atoms with Crippen LogP contribution in [0.4, 0.5) is 5.69 Å². The first-order chi connectivity index (χ1) is 10.4. The third-order valence-electron chi connectivity index (χ3n) is 4.03. The molecule has 3 N–H and O–H groups in total. The zero-order chi connectivity index (χ0) is 15.9. The number of fused-ring (bicyclic) bond motifs is 1. The first kappa shape index (κ1) is 14.1. The minimum absolute atomic E-state index is 0.274. The van der Waals surface area contributed by atoms with Crippen molar-refractivity contribution < 1.29 is 14.7 Å². The van der Waals surface area contributed by atoms with Gasteiger partial charge in [0.05, 0.1) is 0 Å². The normalized spacial score (nSPS) is 17.9. The Morgan fingerprint density at radius 3 is 2.73 bits per heavy atom. The van der Waals surface area contributed by atoms with Crippen LogP contribution in [0.15, 0.2) is 42.7 Å². The van der Waals surface area contributed by atoms with Crippen molar-refractivity contribution in [1.29, 1.82) is 0 Å². The molecule has 0 fully saturated rings. The number of H-pyrrole nitrogens is 1. The van der Waals surface area contributed by atoms with E-state index in [2.05, 4.69) is 10.3 Å². The van der Waals surface area contributed by atoms with Gasteiger partial charge in [0.2, 0.25) is 0 Å². The number of benzene rings is 1. The first-order valence-corrected chi connectivity index (χ1v) is 6.94. The molecule has 1 aromatic heterocycles. The van der Waals surface area contributed by atoms with E-state index in [9.17, 15) is 14.7 Å². The van der Waals surface area contributed by atoms with Crippen LogP contribution in [-0.4, -0.2) is 22.0 Å². The van der Waals surface area contributed by atoms with Crippen LogP contribution in [0.5, 0.6) is 0 Å². The largest absolute Gasteiger partial charge is 0.480 e. The summed E-state index contributed by atoms with van der Waals surface area (Å²) in [5, 5.41) is 12.4. The Bertz CT molecular complexity index is 790. The van der Waals surface area contributed by atoms with Gasteiger partial charge in [-0.25, -0.2) is 0 Å². The summed E-state index contributed by atoms with van der Waals surface area (Å²) in [6.45, 7) is 3.52. The highest BCUT2D eigenvalue weighted by Gasteiger charge is 2.37. The number of carbonyl (C=O) groups excluding carboxylic acids is 1. The Balaban J connectivity index is 2.17. The second-order valence-electron chi connectivity index (χ2n) is 5.67. The number of rotatable bonds is 3. The zero-order valence-electron chi connectivity index (χ0n) is 12.3. The monoisotopic (exact) mass is 296 g/mol. The average molecular weight is 296 g/mol. The molecular formula is C17H16N2O3. The molecule has 3 rings (SSSR count). The minimum atomic E-state index is -1.28. The highest BCUT2D eigenvalue weighted by Crippen LogP contribution is 2.37. The number of anilines is 1. The van der Waals surface area contributed by atoms with Crippen LogP contribution >= 0.6 is 0 Å². The van der Waals surface area contributed by atoms with E-state index in [1.165, 1.54) is 6.08 Å². The third-order valence-corrected chi connectivity index (χ3v) is 4.03. The summed E-state index contributed by atoms with van der Waals surface area (Å²) in [6.07, 6.45) is 4.83. The van der Waals surface area contributed by atoms with Crippen molar-refractivity contribution in [2.24, 2.45) is 0 Å². The van der Waals surface area contributed by atoms with E-state index in [1.54, 1.807) is 25.4 Å². The van der Waals surface area contributed by atoms with E-state index in [0.717, 1.165) is 11.1 Å². The second kappa shape index (κ2) is 4.87. The number of hydrogen-bond donors (Lipinski definition) is 3. The third kappa shape index (κ3) is 2.11. The molecule has 5 nitrogen and oxygen atoms in total. The van der Waals surface area contributed by atoms with E-state index >= 15 is 0 Å². The number of carbonyl (C=O) groups is 2. The van der Waals surface area contributed by atoms with Gasteiger partial charge in [0.25, 0.3) is 5.91 Å². The van der Waals surface area contributed by atoms with Gasteiger partial charge >= 0.3 is 5.97 Å². The molecule has 1 atom stereocenters. The maximum Gasteiger partial charge on any atom is 0.317 e. The number of amides is 1. The van der Waals surface area contributed by atoms with E-state index in [1.807, 2.05) is 25.1 Å². The lowest BCUT2D eigenvalue weighted by Gasteiger charge is -2.20. The number of carboxylic acids is 1. The molecular weight excluding hydrogens is 280 g/mol. The Hall–Kier alpha value is -2.82. The van der Waals surface area contributed by atoms with Gasteiger partial charge in [-0.2, -0.15) is 0 Å². The molecule has 2 aromatic rings. The summed E-state index contributed by atoms with van der Waals surface area (Å²) < 4.78 is 0. The maximum atomic E-state index is 12.2. The van der Waals surface area contributed by atoms with Crippen molar-refractivity contribution in [3.63, 3.8) is 0 Å². The number of aryl methyl sites for hydroxylation is 1. The average Bonchev–Trinajstić information content (AvgIpc) is 3.09. The van der Waals surface area contributed by atoms with Crippen LogP contribution in [0, 0.1) is 6.92 Å². The molecule has 1 unspecified atom stereocenters. The Morgan fingerprint density at radius 1 is 1.32 bits per heavy atom. The molecule has 5 heteroatoms. The predicted molar refractivity (Wildman–Crippen MR) is 83.6 cm³/mol. The highest BCUT2D eigenvalue weighted by molar-refractivity contribution is 6.32. The number of nitrogens with one attached hydrogen (secondary N) is 2. The summed E-state index contributed by atoms with van der Waals surface area (Å²) in [5.41, 5.74) is 2.18. The maximum absolute atomic E-state index is 12.2. The molecule has 1 aromatic carbocycles. The van der Waals surface area contributed by atoms with Gasteiger partial charge in [-0.3, -0.25) is 9.59 Å². The SMILES string of the molecule is Cc1ccc2c(c1)C(=CC(C)(C(=O)O)c1cc[nH]c1)C(=O)N2. The van der Waals surface area contributed by atoms with Gasteiger partial charge in [0.1, 0.15) is 5.41 Å². The Labute approximate surface area is 127 Å². The molecule has 0 aliphatic carbocycles. The quantitative estimate of drug-likeness (QED) is 0.762. The van der Waals surface area contributed by atoms with E-state index in [0.29, 0.717) is 16.8 Å². The summed E-state index contributed by atoms with van der Waals surface area (Å²) in [7, 11) is 0. The fourth-order valence-electron chi connectivity index (χ4n) is 2.65. The number of carboxylic acid groups (broad SMARTS) is 1. The van der Waals surface area contributed by atoms with Crippen LogP contribution < -0.4 is 5.32 Å². The standard InChI is InChI=1S/C17H16N2O3/c1-10-3-4-14-12(7-10)13(15(20)19-14)8-17(2,16(21)22)11-5-6-18-9-11/h3-9,18H,1-2H3,(H,19,20)(H,21,22). The van der Waals surface area contributed by atoms with E-state index < -0.39 is 11.4 Å². The number of aliphatic carboxylic acids is 1. The predicted octanol–water partition coefficient (Wildman–Crippen LogP) is 2.70. The van der Waals surface area contributed by atoms with Gasteiger partial charge in [-0.1, -0.05) is 11.6 Å². The second-order valence-corrected chi connectivity index (χ2v) is 5.67. The van der Waals surface area contributed by atoms with Gasteiger partial charge < -0.3 is 15.4 Å². The molecule has 2 heterocycles. The molecule has 0 saturated heterocycles. The van der Waals surface area contributed by atoms with Crippen molar-refractivity contribution in [1.82, 2.24) is 4.98 Å². The minimum Gasteiger partial charge on any atom is -0.480 e. The lowest BCUT2D eigenvalue weighted by atomic mass is 9.81. The van der Waals surface area contributed by atoms with Crippen molar-refractivity contribution in [3.05, 3.63) is 59.4 Å². The van der Waals surface area contributed by atoms with Crippen LogP contribution in [0.3, 0.4) is 0 Å². The lowest BCUT2D eigenvalue weighted by Crippen LogP contribution is -2.30. The van der Waals surface area contributed by atoms with Crippen molar-refractivity contribution >= 4 is 23.1 Å². The fourth-order valence-corrected chi connectivity index (χ4v) is 2.65. The van der Waals surface area contributed by atoms with Gasteiger partial charge in [0.15, 0.2) is 0 Å². The summed E-state index contributed by atoms with van der Waals surface area (Å²) in [6, 6.07) is 7.33. The first-order valence-electron chi connectivity index (χ1n) is 6.94. The van der Waals surface area contributed by atoms with Gasteiger partial charge in [0, 0.05) is 29.2 Å². The van der Waals surface area contributed by atoms with Crippen LogP contribution in [0.25, 0.3) is 5.57 Å². The van der Waals surface area contributed by atoms with Crippen molar-refractivity contribution in [2.75, 3.05) is 5.32 Å². The lowest BCUT2D eigenvalue weighted by molar-refractivity contribution is -0.141. The summed E-state index contributed by atoms with van der Waals surface area (Å²) in [4.78, 5) is 26.9. The Kier molecular flexibility index (Phi) is 3.13. The molecule has 1 aliphatic heterocycles. The number of hydrogen-bond acceptors (Lipinski definition) is 2. The van der Waals surface area contributed by atoms with Gasteiger partial charge in [-0.05, 0) is 43.7 Å². The number of aromatic nitrogens is 1. The molecule has 0 spiro atoms. The van der Waals surface area contributed by atoms with Crippen LogP contribution in [0.2, 0.25) is 0 Å².